The molecule has 0 aromatic heterocycles. The van der Waals surface area contributed by atoms with Crippen LogP contribution in [0.1, 0.15) is 49.7 Å². The Morgan fingerprint density at radius 1 is 1.22 bits per heavy atom. The molecule has 18 heavy (non-hydrogen) atoms. The minimum atomic E-state index is 0. The van der Waals surface area contributed by atoms with Crippen LogP contribution in [-0.2, 0) is 6.42 Å². The van der Waals surface area contributed by atoms with Crippen LogP contribution in [0.25, 0.3) is 0 Å². The zero-order valence-corrected chi connectivity index (χ0v) is 12.0. The molecule has 1 aromatic rings. The maximum absolute atomic E-state index is 3.78. The van der Waals surface area contributed by atoms with Crippen LogP contribution in [0.15, 0.2) is 24.3 Å². The number of hydrogen-bond acceptors (Lipinski definition) is 1. The van der Waals surface area contributed by atoms with Crippen molar-refractivity contribution in [3.63, 3.8) is 0 Å². The van der Waals surface area contributed by atoms with E-state index < -0.39 is 0 Å². The van der Waals surface area contributed by atoms with Crippen molar-refractivity contribution in [1.82, 2.24) is 5.32 Å². The van der Waals surface area contributed by atoms with Crippen LogP contribution in [0.5, 0.6) is 0 Å². The van der Waals surface area contributed by atoms with Crippen molar-refractivity contribution in [2.45, 2.75) is 51.0 Å². The summed E-state index contributed by atoms with van der Waals surface area (Å²) in [6.45, 7) is 3.45. The van der Waals surface area contributed by atoms with E-state index in [0.717, 1.165) is 17.9 Å². The summed E-state index contributed by atoms with van der Waals surface area (Å²) in [4.78, 5) is 0. The fourth-order valence-corrected chi connectivity index (χ4v) is 3.86. The lowest BCUT2D eigenvalue weighted by atomic mass is 9.76. The van der Waals surface area contributed by atoms with Gasteiger partial charge in [0.05, 0.1) is 0 Å². The van der Waals surface area contributed by atoms with Crippen LogP contribution in [0, 0.1) is 5.92 Å². The van der Waals surface area contributed by atoms with Crippen LogP contribution in [-0.4, -0.2) is 12.6 Å². The minimum Gasteiger partial charge on any atom is -0.314 e. The van der Waals surface area contributed by atoms with Crippen LogP contribution in [0.2, 0.25) is 0 Å². The lowest BCUT2D eigenvalue weighted by Crippen LogP contribution is -2.41. The van der Waals surface area contributed by atoms with Crippen molar-refractivity contribution < 1.29 is 0 Å². The Hall–Kier alpha value is -0.530. The number of hydrogen-bond donors (Lipinski definition) is 1. The first kappa shape index (κ1) is 13.9. The molecule has 1 fully saturated rings. The number of rotatable bonds is 3. The SMILES string of the molecule is CCCNC1CCCC2c3ccccc3CC12.Cl. The average Bonchev–Trinajstić information content (AvgIpc) is 2.75. The maximum Gasteiger partial charge on any atom is 0.0104 e. The van der Waals surface area contributed by atoms with Crippen molar-refractivity contribution in [3.8, 4) is 0 Å². The van der Waals surface area contributed by atoms with Crippen molar-refractivity contribution in [2.24, 2.45) is 5.92 Å². The molecule has 1 aromatic carbocycles. The van der Waals surface area contributed by atoms with E-state index in [0.29, 0.717) is 0 Å². The van der Waals surface area contributed by atoms with E-state index in [1.807, 2.05) is 0 Å². The largest absolute Gasteiger partial charge is 0.314 e. The van der Waals surface area contributed by atoms with Gasteiger partial charge in [-0.1, -0.05) is 37.6 Å². The molecule has 2 heteroatoms. The first-order valence-corrected chi connectivity index (χ1v) is 7.21. The highest BCUT2D eigenvalue weighted by Gasteiger charge is 2.39. The average molecular weight is 266 g/mol. The van der Waals surface area contributed by atoms with E-state index in [9.17, 15) is 0 Å². The lowest BCUT2D eigenvalue weighted by molar-refractivity contribution is 0.244. The third kappa shape index (κ3) is 2.44. The fraction of sp³-hybridized carbons (Fsp3) is 0.625. The zero-order valence-electron chi connectivity index (χ0n) is 11.2. The van der Waals surface area contributed by atoms with Gasteiger partial charge in [-0.25, -0.2) is 0 Å². The van der Waals surface area contributed by atoms with Crippen molar-refractivity contribution in [1.29, 1.82) is 0 Å². The van der Waals surface area contributed by atoms with Crippen LogP contribution in [0.4, 0.5) is 0 Å². The molecule has 100 valence electrons. The minimum absolute atomic E-state index is 0. The Morgan fingerprint density at radius 3 is 2.89 bits per heavy atom. The Morgan fingerprint density at radius 2 is 2.06 bits per heavy atom. The van der Waals surface area contributed by atoms with Gasteiger partial charge < -0.3 is 5.32 Å². The molecule has 0 bridgehead atoms. The van der Waals surface area contributed by atoms with Crippen molar-refractivity contribution in [3.05, 3.63) is 35.4 Å². The summed E-state index contributed by atoms with van der Waals surface area (Å²) in [5.74, 6) is 1.71. The van der Waals surface area contributed by atoms with Gasteiger partial charge in [0.2, 0.25) is 0 Å². The second-order valence-electron chi connectivity index (χ2n) is 5.66. The molecule has 2 aliphatic rings. The molecule has 0 aliphatic heterocycles. The van der Waals surface area contributed by atoms with Gasteiger partial charge in [-0.3, -0.25) is 0 Å². The molecule has 0 saturated heterocycles. The molecule has 0 heterocycles. The Kier molecular flexibility index (Phi) is 4.69. The van der Waals surface area contributed by atoms with Gasteiger partial charge in [-0.05, 0) is 55.2 Å². The first-order valence-electron chi connectivity index (χ1n) is 7.21. The predicted octanol–water partition coefficient (Wildman–Crippen LogP) is 3.92. The second kappa shape index (κ2) is 6.08. The molecule has 1 N–H and O–H groups in total. The highest BCUT2D eigenvalue weighted by Crippen LogP contribution is 2.46. The van der Waals surface area contributed by atoms with Gasteiger partial charge in [0.15, 0.2) is 0 Å². The molecule has 1 nitrogen and oxygen atoms in total. The molecule has 0 radical (unpaired) electrons. The van der Waals surface area contributed by atoms with Gasteiger partial charge in [0.1, 0.15) is 0 Å². The quantitative estimate of drug-likeness (QED) is 0.874. The van der Waals surface area contributed by atoms with E-state index in [1.165, 1.54) is 38.6 Å². The van der Waals surface area contributed by atoms with E-state index in [2.05, 4.69) is 36.5 Å². The van der Waals surface area contributed by atoms with E-state index in [-0.39, 0.29) is 12.4 Å². The zero-order chi connectivity index (χ0) is 11.7. The highest BCUT2D eigenvalue weighted by molar-refractivity contribution is 5.85. The monoisotopic (exact) mass is 265 g/mol. The van der Waals surface area contributed by atoms with Gasteiger partial charge >= 0.3 is 0 Å². The summed E-state index contributed by atoms with van der Waals surface area (Å²) in [6.07, 6.45) is 6.75. The summed E-state index contributed by atoms with van der Waals surface area (Å²) >= 11 is 0. The third-order valence-electron chi connectivity index (χ3n) is 4.63. The highest BCUT2D eigenvalue weighted by atomic mass is 35.5. The number of nitrogens with one attached hydrogen (secondary N) is 1. The molecular weight excluding hydrogens is 242 g/mol. The predicted molar refractivity (Wildman–Crippen MR) is 79.6 cm³/mol. The normalized spacial score (nSPS) is 29.3. The molecule has 0 amide bonds. The molecule has 2 aliphatic carbocycles. The third-order valence-corrected chi connectivity index (χ3v) is 4.63. The summed E-state index contributed by atoms with van der Waals surface area (Å²) in [5, 5.41) is 3.78. The topological polar surface area (TPSA) is 12.0 Å². The maximum atomic E-state index is 3.78. The Balaban J connectivity index is 0.00000120. The lowest BCUT2D eigenvalue weighted by Gasteiger charge is -2.35. The fourth-order valence-electron chi connectivity index (χ4n) is 3.86. The van der Waals surface area contributed by atoms with Gasteiger partial charge in [0.25, 0.3) is 0 Å². The van der Waals surface area contributed by atoms with Crippen LogP contribution < -0.4 is 5.32 Å². The molecule has 1 saturated carbocycles. The van der Waals surface area contributed by atoms with Crippen molar-refractivity contribution >= 4 is 12.4 Å². The molecule has 3 unspecified atom stereocenters. The first-order chi connectivity index (χ1) is 8.40. The van der Waals surface area contributed by atoms with E-state index in [1.54, 1.807) is 11.1 Å². The Bertz CT molecular complexity index is 390. The van der Waals surface area contributed by atoms with Gasteiger partial charge in [-0.15, -0.1) is 12.4 Å². The van der Waals surface area contributed by atoms with E-state index >= 15 is 0 Å². The smallest absolute Gasteiger partial charge is 0.0104 e. The summed E-state index contributed by atoms with van der Waals surface area (Å²) in [7, 11) is 0. The molecule has 3 atom stereocenters. The summed E-state index contributed by atoms with van der Waals surface area (Å²) < 4.78 is 0. The number of benzene rings is 1. The van der Waals surface area contributed by atoms with Crippen molar-refractivity contribution in [2.75, 3.05) is 6.54 Å². The van der Waals surface area contributed by atoms with Crippen LogP contribution >= 0.6 is 12.4 Å². The van der Waals surface area contributed by atoms with Gasteiger partial charge in [0, 0.05) is 6.04 Å². The second-order valence-corrected chi connectivity index (χ2v) is 5.66. The molecular formula is C16H24ClN. The standard InChI is InChI=1S/C16H23N.ClH/c1-2-10-17-16-9-5-8-14-13-7-4-3-6-12(13)11-15(14)16;/h3-4,6-7,14-17H,2,5,8-11H2,1H3;1H. The van der Waals surface area contributed by atoms with E-state index in [4.69, 9.17) is 0 Å². The molecule has 3 rings (SSSR count). The number of fused-ring (bicyclic) bond motifs is 3. The number of halogens is 1. The summed E-state index contributed by atoms with van der Waals surface area (Å²) in [6, 6.07) is 9.88. The van der Waals surface area contributed by atoms with Gasteiger partial charge in [-0.2, -0.15) is 0 Å². The Labute approximate surface area is 117 Å². The summed E-state index contributed by atoms with van der Waals surface area (Å²) in [5.41, 5.74) is 3.27. The molecule has 0 spiro atoms. The van der Waals surface area contributed by atoms with Crippen LogP contribution in [0.3, 0.4) is 0 Å².